The molecule has 4 atom stereocenters. The zero-order valence-corrected chi connectivity index (χ0v) is 13.9. The maximum atomic E-state index is 6.32. The molecular formula is C17H33N3O. The standard InChI is InChI=1S/C17H33N3O/c1-14-3-4-15(2)17(11-14,13-18)20-6-5-16(12-20)19-7-9-21-10-8-19/h14-16H,3-13,18H2,1-2H3. The van der Waals surface area contributed by atoms with Gasteiger partial charge < -0.3 is 10.5 Å². The first-order valence-electron chi connectivity index (χ1n) is 8.92. The monoisotopic (exact) mass is 295 g/mol. The van der Waals surface area contributed by atoms with Gasteiger partial charge >= 0.3 is 0 Å². The van der Waals surface area contributed by atoms with Gasteiger partial charge in [0.05, 0.1) is 13.2 Å². The van der Waals surface area contributed by atoms with Gasteiger partial charge in [0.25, 0.3) is 0 Å². The molecule has 2 saturated heterocycles. The molecule has 21 heavy (non-hydrogen) atoms. The fourth-order valence-corrected chi connectivity index (χ4v) is 4.95. The zero-order chi connectivity index (χ0) is 14.9. The third-order valence-corrected chi connectivity index (χ3v) is 6.42. The molecule has 0 aromatic heterocycles. The summed E-state index contributed by atoms with van der Waals surface area (Å²) in [5.41, 5.74) is 6.58. The molecule has 1 aliphatic carbocycles. The second-order valence-corrected chi connectivity index (χ2v) is 7.63. The third kappa shape index (κ3) is 3.00. The summed E-state index contributed by atoms with van der Waals surface area (Å²) in [4.78, 5) is 5.40. The van der Waals surface area contributed by atoms with E-state index in [-0.39, 0.29) is 5.54 Å². The van der Waals surface area contributed by atoms with Crippen molar-refractivity contribution in [3.63, 3.8) is 0 Å². The molecule has 0 amide bonds. The molecule has 1 saturated carbocycles. The Labute approximate surface area is 130 Å². The Bertz CT molecular complexity index is 345. The maximum Gasteiger partial charge on any atom is 0.0594 e. The molecule has 4 nitrogen and oxygen atoms in total. The van der Waals surface area contributed by atoms with Gasteiger partial charge in [0, 0.05) is 44.3 Å². The second-order valence-electron chi connectivity index (χ2n) is 7.63. The molecule has 2 heterocycles. The van der Waals surface area contributed by atoms with E-state index < -0.39 is 0 Å². The number of ether oxygens (including phenoxy) is 1. The van der Waals surface area contributed by atoms with Crippen molar-refractivity contribution >= 4 is 0 Å². The van der Waals surface area contributed by atoms with Crippen LogP contribution in [0.15, 0.2) is 0 Å². The van der Waals surface area contributed by atoms with E-state index in [1.807, 2.05) is 0 Å². The summed E-state index contributed by atoms with van der Waals surface area (Å²) >= 11 is 0. The lowest BCUT2D eigenvalue weighted by Crippen LogP contribution is -2.60. The SMILES string of the molecule is CC1CCC(C)C(CN)(N2CCC(N3CCOCC3)C2)C1. The predicted octanol–water partition coefficient (Wildman–Crippen LogP) is 1.55. The average molecular weight is 295 g/mol. The maximum absolute atomic E-state index is 6.32. The second kappa shape index (κ2) is 6.53. The van der Waals surface area contributed by atoms with Gasteiger partial charge in [0.1, 0.15) is 0 Å². The van der Waals surface area contributed by atoms with Crippen LogP contribution >= 0.6 is 0 Å². The topological polar surface area (TPSA) is 41.7 Å². The normalized spacial score (nSPS) is 43.3. The number of nitrogens with zero attached hydrogens (tertiary/aromatic N) is 2. The highest BCUT2D eigenvalue weighted by Crippen LogP contribution is 2.42. The van der Waals surface area contributed by atoms with Crippen LogP contribution < -0.4 is 5.73 Å². The molecule has 3 aliphatic rings. The van der Waals surface area contributed by atoms with Crippen LogP contribution in [-0.2, 0) is 4.74 Å². The summed E-state index contributed by atoms with van der Waals surface area (Å²) in [5, 5.41) is 0. The molecule has 0 radical (unpaired) electrons. The van der Waals surface area contributed by atoms with E-state index in [1.165, 1.54) is 38.8 Å². The molecule has 2 N–H and O–H groups in total. The van der Waals surface area contributed by atoms with Crippen LogP contribution in [0.1, 0.15) is 39.5 Å². The van der Waals surface area contributed by atoms with E-state index >= 15 is 0 Å². The van der Waals surface area contributed by atoms with Crippen molar-refractivity contribution in [3.05, 3.63) is 0 Å². The predicted molar refractivity (Wildman–Crippen MR) is 86.3 cm³/mol. The molecule has 4 heteroatoms. The molecule has 3 rings (SSSR count). The van der Waals surface area contributed by atoms with Crippen LogP contribution in [0.3, 0.4) is 0 Å². The van der Waals surface area contributed by atoms with Crippen molar-refractivity contribution in [1.82, 2.24) is 9.80 Å². The summed E-state index contributed by atoms with van der Waals surface area (Å²) in [5.74, 6) is 1.56. The number of rotatable bonds is 3. The van der Waals surface area contributed by atoms with Crippen molar-refractivity contribution in [2.75, 3.05) is 45.9 Å². The van der Waals surface area contributed by atoms with Crippen molar-refractivity contribution in [2.24, 2.45) is 17.6 Å². The summed E-state index contributed by atoms with van der Waals surface area (Å²) in [6.07, 6.45) is 5.32. The largest absolute Gasteiger partial charge is 0.379 e. The highest BCUT2D eigenvalue weighted by molar-refractivity contribution is 5.03. The van der Waals surface area contributed by atoms with Crippen molar-refractivity contribution < 1.29 is 4.74 Å². The third-order valence-electron chi connectivity index (χ3n) is 6.42. The van der Waals surface area contributed by atoms with Crippen molar-refractivity contribution in [3.8, 4) is 0 Å². The van der Waals surface area contributed by atoms with Gasteiger partial charge in [-0.25, -0.2) is 0 Å². The Morgan fingerprint density at radius 1 is 1.10 bits per heavy atom. The lowest BCUT2D eigenvalue weighted by atomic mass is 9.68. The quantitative estimate of drug-likeness (QED) is 0.858. The van der Waals surface area contributed by atoms with E-state index in [1.54, 1.807) is 0 Å². The number of morpholine rings is 1. The smallest absolute Gasteiger partial charge is 0.0594 e. The first-order valence-corrected chi connectivity index (χ1v) is 8.92. The van der Waals surface area contributed by atoms with E-state index in [0.29, 0.717) is 0 Å². The summed E-state index contributed by atoms with van der Waals surface area (Å²) < 4.78 is 5.50. The molecule has 2 aliphatic heterocycles. The van der Waals surface area contributed by atoms with Gasteiger partial charge in [-0.1, -0.05) is 20.3 Å². The summed E-state index contributed by atoms with van der Waals surface area (Å²) in [7, 11) is 0. The highest BCUT2D eigenvalue weighted by atomic mass is 16.5. The Hall–Kier alpha value is -0.160. The molecular weight excluding hydrogens is 262 g/mol. The fourth-order valence-electron chi connectivity index (χ4n) is 4.95. The van der Waals surface area contributed by atoms with Gasteiger partial charge in [-0.15, -0.1) is 0 Å². The van der Waals surface area contributed by atoms with Gasteiger partial charge in [0.2, 0.25) is 0 Å². The van der Waals surface area contributed by atoms with E-state index in [2.05, 4.69) is 23.6 Å². The lowest BCUT2D eigenvalue weighted by Gasteiger charge is -2.51. The Balaban J connectivity index is 1.67. The highest BCUT2D eigenvalue weighted by Gasteiger charge is 2.47. The number of nitrogens with two attached hydrogens (primary N) is 1. The van der Waals surface area contributed by atoms with E-state index in [9.17, 15) is 0 Å². The van der Waals surface area contributed by atoms with Crippen LogP contribution in [0.5, 0.6) is 0 Å². The zero-order valence-electron chi connectivity index (χ0n) is 13.9. The van der Waals surface area contributed by atoms with Crippen LogP contribution in [0.25, 0.3) is 0 Å². The van der Waals surface area contributed by atoms with Gasteiger partial charge in [-0.2, -0.15) is 0 Å². The van der Waals surface area contributed by atoms with Crippen LogP contribution in [0.2, 0.25) is 0 Å². The van der Waals surface area contributed by atoms with Gasteiger partial charge in [0.15, 0.2) is 0 Å². The minimum absolute atomic E-state index is 0.263. The van der Waals surface area contributed by atoms with Crippen LogP contribution in [0, 0.1) is 11.8 Å². The van der Waals surface area contributed by atoms with Crippen molar-refractivity contribution in [2.45, 2.75) is 51.1 Å². The lowest BCUT2D eigenvalue weighted by molar-refractivity contribution is -0.00589. The summed E-state index contributed by atoms with van der Waals surface area (Å²) in [6, 6.07) is 0.724. The van der Waals surface area contributed by atoms with E-state index in [4.69, 9.17) is 10.5 Å². The van der Waals surface area contributed by atoms with E-state index in [0.717, 1.165) is 50.7 Å². The van der Waals surface area contributed by atoms with Crippen LogP contribution in [0.4, 0.5) is 0 Å². The Kier molecular flexibility index (Phi) is 4.89. The molecule has 4 unspecified atom stereocenters. The molecule has 0 aromatic rings. The minimum Gasteiger partial charge on any atom is -0.379 e. The molecule has 122 valence electrons. The average Bonchev–Trinajstić information content (AvgIpc) is 3.01. The first kappa shape index (κ1) is 15.7. The molecule has 3 fully saturated rings. The number of likely N-dealkylation sites (tertiary alicyclic amines) is 1. The molecule has 0 aromatic carbocycles. The first-order chi connectivity index (χ1) is 10.2. The van der Waals surface area contributed by atoms with Crippen molar-refractivity contribution in [1.29, 1.82) is 0 Å². The number of hydrogen-bond acceptors (Lipinski definition) is 4. The van der Waals surface area contributed by atoms with Crippen LogP contribution in [-0.4, -0.2) is 67.3 Å². The molecule has 0 bridgehead atoms. The van der Waals surface area contributed by atoms with Gasteiger partial charge in [-0.3, -0.25) is 9.80 Å². The Morgan fingerprint density at radius 2 is 1.86 bits per heavy atom. The van der Waals surface area contributed by atoms with Gasteiger partial charge in [-0.05, 0) is 31.1 Å². The fraction of sp³-hybridized carbons (Fsp3) is 1.00. The molecule has 0 spiro atoms. The minimum atomic E-state index is 0.263. The number of hydrogen-bond donors (Lipinski definition) is 1. The Morgan fingerprint density at radius 3 is 2.57 bits per heavy atom. The summed E-state index contributed by atoms with van der Waals surface area (Å²) in [6.45, 7) is 12.2.